The summed E-state index contributed by atoms with van der Waals surface area (Å²) in [5.74, 6) is 0. The highest BCUT2D eigenvalue weighted by atomic mass is 32.2. The smallest absolute Gasteiger partial charge is 0.291 e. The summed E-state index contributed by atoms with van der Waals surface area (Å²) in [5, 5.41) is 34.6. The molecule has 0 aliphatic heterocycles. The highest BCUT2D eigenvalue weighted by molar-refractivity contribution is 7.86. The summed E-state index contributed by atoms with van der Waals surface area (Å²) in [5.41, 5.74) is -1.61. The van der Waals surface area contributed by atoms with Gasteiger partial charge >= 0.3 is 0 Å². The summed E-state index contributed by atoms with van der Waals surface area (Å²) in [6.07, 6.45) is 18.9. The van der Waals surface area contributed by atoms with Gasteiger partial charge in [-0.3, -0.25) is 9.45 Å². The summed E-state index contributed by atoms with van der Waals surface area (Å²) in [7, 11) is -4.27. The van der Waals surface area contributed by atoms with Gasteiger partial charge in [-0.2, -0.15) is 8.42 Å². The van der Waals surface area contributed by atoms with E-state index in [1.807, 2.05) is 0 Å². The fourth-order valence-corrected chi connectivity index (χ4v) is 4.06. The average Bonchev–Trinajstić information content (AvgIpc) is 2.76. The first-order chi connectivity index (χ1) is 15.8. The van der Waals surface area contributed by atoms with E-state index in [1.54, 1.807) is 4.90 Å². The highest BCUT2D eigenvalue weighted by Crippen LogP contribution is 2.14. The average molecular weight is 500 g/mol. The van der Waals surface area contributed by atoms with Gasteiger partial charge in [-0.1, -0.05) is 96.8 Å². The van der Waals surface area contributed by atoms with Crippen LogP contribution in [0.4, 0.5) is 0 Å². The highest BCUT2D eigenvalue weighted by Gasteiger charge is 2.18. The number of hydrogen-bond donors (Lipinski definition) is 5. The maximum atomic E-state index is 10.6. The van der Waals surface area contributed by atoms with Gasteiger partial charge in [0.2, 0.25) is 0 Å². The molecule has 0 saturated heterocycles. The molecule has 1 unspecified atom stereocenters. The molecule has 202 valence electrons. The van der Waals surface area contributed by atoms with E-state index in [0.717, 1.165) is 12.8 Å². The monoisotopic (exact) mass is 499 g/mol. The molecule has 0 aliphatic rings. The number of hydrogen-bond acceptors (Lipinski definition) is 7. The van der Waals surface area contributed by atoms with Crippen LogP contribution in [0.25, 0.3) is 0 Å². The molecule has 0 fully saturated rings. The molecule has 8 nitrogen and oxygen atoms in total. The van der Waals surface area contributed by atoms with Crippen molar-refractivity contribution in [2.24, 2.45) is 0 Å². The Morgan fingerprint density at radius 2 is 0.909 bits per heavy atom. The lowest BCUT2D eigenvalue weighted by Gasteiger charge is -2.17. The quantitative estimate of drug-likeness (QED) is 0.106. The molecule has 5 N–H and O–H groups in total. The lowest BCUT2D eigenvalue weighted by Crippen LogP contribution is -2.32. The lowest BCUT2D eigenvalue weighted by molar-refractivity contribution is 0.136. The van der Waals surface area contributed by atoms with Gasteiger partial charge in [-0.05, 0) is 12.8 Å². The standard InChI is InChI=1S/C18H38O4S.C6H15NO3/c1-2-3-4-5-6-7-8-9-10-11-12-13-14-15-16-17-18(19)23(20,21)22;8-4-1-7(2-5-9)3-6-10/h18-19H,2-17H2,1H3,(H,20,21,22);8-10H,1-6H2. The Morgan fingerprint density at radius 3 is 1.18 bits per heavy atom. The van der Waals surface area contributed by atoms with E-state index in [1.165, 1.54) is 77.0 Å². The molecule has 0 amide bonds. The molecule has 0 spiro atoms. The van der Waals surface area contributed by atoms with Crippen LogP contribution in [-0.4, -0.2) is 83.2 Å². The number of nitrogens with zero attached hydrogens (tertiary/aromatic N) is 1. The minimum absolute atomic E-state index is 0.0694. The van der Waals surface area contributed by atoms with Crippen LogP contribution in [0.5, 0.6) is 0 Å². The van der Waals surface area contributed by atoms with Crippen molar-refractivity contribution in [1.29, 1.82) is 0 Å². The summed E-state index contributed by atoms with van der Waals surface area (Å²) in [6, 6.07) is 0. The molecule has 0 aliphatic carbocycles. The van der Waals surface area contributed by atoms with Gasteiger partial charge in [-0.15, -0.1) is 0 Å². The van der Waals surface area contributed by atoms with Gasteiger partial charge in [0, 0.05) is 19.6 Å². The van der Waals surface area contributed by atoms with Gasteiger partial charge in [0.05, 0.1) is 19.8 Å². The van der Waals surface area contributed by atoms with E-state index in [4.69, 9.17) is 25.0 Å². The van der Waals surface area contributed by atoms with E-state index in [0.29, 0.717) is 26.1 Å². The number of unbranched alkanes of at least 4 members (excludes halogenated alkanes) is 14. The van der Waals surface area contributed by atoms with Crippen LogP contribution >= 0.6 is 0 Å². The molecule has 0 aromatic rings. The van der Waals surface area contributed by atoms with Crippen molar-refractivity contribution in [3.05, 3.63) is 0 Å². The van der Waals surface area contributed by atoms with Crippen molar-refractivity contribution >= 4 is 10.1 Å². The van der Waals surface area contributed by atoms with Crippen LogP contribution in [-0.2, 0) is 10.1 Å². The SMILES string of the molecule is CCCCCCCCCCCCCCCCCC(O)S(=O)(=O)O.OCCN(CCO)CCO. The maximum absolute atomic E-state index is 10.6. The molecule has 0 aromatic carbocycles. The minimum atomic E-state index is -4.27. The molecule has 0 saturated carbocycles. The molecular weight excluding hydrogens is 446 g/mol. The lowest BCUT2D eigenvalue weighted by atomic mass is 10.0. The molecule has 1 atom stereocenters. The molecule has 0 rings (SSSR count). The summed E-state index contributed by atoms with van der Waals surface area (Å²) in [4.78, 5) is 1.79. The Bertz CT molecular complexity index is 463. The van der Waals surface area contributed by atoms with Crippen molar-refractivity contribution < 1.29 is 33.4 Å². The Labute approximate surface area is 203 Å². The molecule has 33 heavy (non-hydrogen) atoms. The summed E-state index contributed by atoms with van der Waals surface area (Å²) < 4.78 is 29.9. The van der Waals surface area contributed by atoms with E-state index < -0.39 is 15.6 Å². The molecule has 0 aromatic heterocycles. The molecule has 0 radical (unpaired) electrons. The summed E-state index contributed by atoms with van der Waals surface area (Å²) in [6.45, 7) is 4.01. The zero-order chi connectivity index (χ0) is 25.2. The van der Waals surface area contributed by atoms with E-state index in [9.17, 15) is 8.42 Å². The van der Waals surface area contributed by atoms with Gasteiger partial charge in [-0.25, -0.2) is 0 Å². The molecular formula is C24H53NO7S. The van der Waals surface area contributed by atoms with Crippen LogP contribution in [0.3, 0.4) is 0 Å². The third-order valence-electron chi connectivity index (χ3n) is 5.65. The predicted molar refractivity (Wildman–Crippen MR) is 135 cm³/mol. The first-order valence-electron chi connectivity index (χ1n) is 13.0. The second kappa shape index (κ2) is 26.3. The summed E-state index contributed by atoms with van der Waals surface area (Å²) >= 11 is 0. The van der Waals surface area contributed by atoms with Crippen molar-refractivity contribution in [2.45, 2.75) is 115 Å². The molecule has 9 heteroatoms. The normalized spacial score (nSPS) is 12.6. The molecule has 0 bridgehead atoms. The Morgan fingerprint density at radius 1 is 0.606 bits per heavy atom. The predicted octanol–water partition coefficient (Wildman–Crippen LogP) is 3.72. The number of aliphatic hydroxyl groups is 4. The van der Waals surface area contributed by atoms with Crippen molar-refractivity contribution in [3.63, 3.8) is 0 Å². The van der Waals surface area contributed by atoms with Gasteiger partial charge < -0.3 is 20.4 Å². The first-order valence-corrected chi connectivity index (χ1v) is 14.5. The van der Waals surface area contributed by atoms with Crippen LogP contribution in [0.2, 0.25) is 0 Å². The fraction of sp³-hybridized carbons (Fsp3) is 1.00. The van der Waals surface area contributed by atoms with Gasteiger partial charge in [0.1, 0.15) is 0 Å². The number of rotatable bonds is 23. The van der Waals surface area contributed by atoms with Crippen LogP contribution in [0.15, 0.2) is 0 Å². The van der Waals surface area contributed by atoms with Crippen LogP contribution < -0.4 is 0 Å². The topological polar surface area (TPSA) is 139 Å². The first kappa shape index (κ1) is 34.9. The largest absolute Gasteiger partial charge is 0.395 e. The van der Waals surface area contributed by atoms with Crippen molar-refractivity contribution in [1.82, 2.24) is 4.90 Å². The minimum Gasteiger partial charge on any atom is -0.395 e. The van der Waals surface area contributed by atoms with Crippen molar-refractivity contribution in [3.8, 4) is 0 Å². The van der Waals surface area contributed by atoms with Crippen LogP contribution in [0.1, 0.15) is 110 Å². The second-order valence-electron chi connectivity index (χ2n) is 8.72. The van der Waals surface area contributed by atoms with E-state index in [2.05, 4.69) is 6.92 Å². The third-order valence-corrected chi connectivity index (χ3v) is 6.57. The van der Waals surface area contributed by atoms with Crippen molar-refractivity contribution in [2.75, 3.05) is 39.5 Å². The Kier molecular flexibility index (Phi) is 27.8. The molecule has 0 heterocycles. The van der Waals surface area contributed by atoms with Gasteiger partial charge in [0.15, 0.2) is 5.44 Å². The van der Waals surface area contributed by atoms with Gasteiger partial charge in [0.25, 0.3) is 10.1 Å². The maximum Gasteiger partial charge on any atom is 0.291 e. The van der Waals surface area contributed by atoms with E-state index >= 15 is 0 Å². The Hall–Kier alpha value is -0.290. The second-order valence-corrected chi connectivity index (χ2v) is 10.3. The zero-order valence-electron chi connectivity index (χ0n) is 21.0. The Balaban J connectivity index is 0. The van der Waals surface area contributed by atoms with Crippen LogP contribution in [0, 0.1) is 0 Å². The zero-order valence-corrected chi connectivity index (χ0v) is 21.9. The van der Waals surface area contributed by atoms with E-state index in [-0.39, 0.29) is 26.2 Å². The fourth-order valence-electron chi connectivity index (χ4n) is 3.60. The number of aliphatic hydroxyl groups excluding tert-OH is 4. The third kappa shape index (κ3) is 27.8.